The normalized spacial score (nSPS) is 37.9. The van der Waals surface area contributed by atoms with E-state index >= 15 is 0 Å². The number of methoxy groups -OCH3 is 1. The molecule has 3 heteroatoms. The number of rotatable bonds is 4. The first-order valence-corrected chi connectivity index (χ1v) is 5.77. The molecular weight excluding hydrogens is 192 g/mol. The number of hydrogen-bond donors (Lipinski definition) is 0. The van der Waals surface area contributed by atoms with Crippen molar-refractivity contribution in [1.82, 2.24) is 0 Å². The molecule has 0 aliphatic heterocycles. The molecule has 3 saturated carbocycles. The maximum atomic E-state index is 11.5. The summed E-state index contributed by atoms with van der Waals surface area (Å²) in [5, 5.41) is 0. The molecule has 0 radical (unpaired) electrons. The van der Waals surface area contributed by atoms with Gasteiger partial charge in [0.2, 0.25) is 0 Å². The van der Waals surface area contributed by atoms with E-state index in [0.29, 0.717) is 18.3 Å². The summed E-state index contributed by atoms with van der Waals surface area (Å²) in [5.74, 6) is 1.97. The fraction of sp³-hybridized carbons (Fsp3) is 0.833. The highest BCUT2D eigenvalue weighted by Crippen LogP contribution is 2.53. The quantitative estimate of drug-likeness (QED) is 0.525. The number of hydrogen-bond acceptors (Lipinski definition) is 3. The van der Waals surface area contributed by atoms with Gasteiger partial charge in [-0.05, 0) is 43.4 Å². The lowest BCUT2D eigenvalue weighted by Crippen LogP contribution is -2.45. The number of carbonyl (C=O) groups excluding carboxylic acids is 2. The van der Waals surface area contributed by atoms with Crippen molar-refractivity contribution in [3.05, 3.63) is 0 Å². The van der Waals surface area contributed by atoms with Gasteiger partial charge < -0.3 is 9.53 Å². The third-order valence-corrected chi connectivity index (χ3v) is 4.16. The van der Waals surface area contributed by atoms with Gasteiger partial charge in [0.15, 0.2) is 0 Å². The third kappa shape index (κ3) is 1.92. The van der Waals surface area contributed by atoms with E-state index in [2.05, 4.69) is 0 Å². The molecule has 0 spiro atoms. The minimum absolute atomic E-state index is 0.0470. The second kappa shape index (κ2) is 4.33. The fourth-order valence-corrected chi connectivity index (χ4v) is 3.21. The Hall–Kier alpha value is -0.860. The van der Waals surface area contributed by atoms with Gasteiger partial charge >= 0.3 is 5.97 Å². The van der Waals surface area contributed by atoms with Crippen molar-refractivity contribution in [3.63, 3.8) is 0 Å². The summed E-state index contributed by atoms with van der Waals surface area (Å²) in [5.41, 5.74) is 0. The zero-order chi connectivity index (χ0) is 10.8. The van der Waals surface area contributed by atoms with Crippen molar-refractivity contribution in [2.24, 2.45) is 23.7 Å². The topological polar surface area (TPSA) is 43.4 Å². The minimum atomic E-state index is -0.0470. The van der Waals surface area contributed by atoms with E-state index in [4.69, 9.17) is 4.74 Å². The van der Waals surface area contributed by atoms with E-state index in [-0.39, 0.29) is 11.9 Å². The number of carbonyl (C=O) groups is 2. The number of esters is 1. The molecule has 3 rings (SSSR count). The average Bonchev–Trinajstić information content (AvgIpc) is 2.23. The summed E-state index contributed by atoms with van der Waals surface area (Å²) >= 11 is 0. The smallest absolute Gasteiger partial charge is 0.308 e. The van der Waals surface area contributed by atoms with Gasteiger partial charge in [-0.2, -0.15) is 0 Å². The molecule has 3 nitrogen and oxygen atoms in total. The molecule has 1 unspecified atom stereocenters. The Morgan fingerprint density at radius 3 is 2.67 bits per heavy atom. The molecule has 3 aliphatic rings. The summed E-state index contributed by atoms with van der Waals surface area (Å²) in [7, 11) is 1.47. The van der Waals surface area contributed by atoms with Crippen LogP contribution in [0.5, 0.6) is 0 Å². The monoisotopic (exact) mass is 210 g/mol. The molecule has 0 aromatic carbocycles. The highest BCUT2D eigenvalue weighted by atomic mass is 16.5. The van der Waals surface area contributed by atoms with Gasteiger partial charge in [0.05, 0.1) is 13.0 Å². The van der Waals surface area contributed by atoms with Crippen molar-refractivity contribution < 1.29 is 14.3 Å². The van der Waals surface area contributed by atoms with Crippen LogP contribution in [0.25, 0.3) is 0 Å². The fourth-order valence-electron chi connectivity index (χ4n) is 3.21. The highest BCUT2D eigenvalue weighted by molar-refractivity contribution is 5.73. The molecule has 0 aromatic heterocycles. The van der Waals surface area contributed by atoms with Crippen LogP contribution in [0, 0.1) is 23.7 Å². The Bertz CT molecular complexity index is 256. The van der Waals surface area contributed by atoms with E-state index in [9.17, 15) is 9.59 Å². The second-order valence-electron chi connectivity index (χ2n) is 4.86. The van der Waals surface area contributed by atoms with Crippen molar-refractivity contribution in [3.8, 4) is 0 Å². The predicted octanol–water partition coefficient (Wildman–Crippen LogP) is 1.80. The van der Waals surface area contributed by atoms with Crippen LogP contribution in [0.4, 0.5) is 0 Å². The van der Waals surface area contributed by atoms with Crippen LogP contribution in [0.15, 0.2) is 0 Å². The van der Waals surface area contributed by atoms with Gasteiger partial charge in [0.25, 0.3) is 0 Å². The largest absolute Gasteiger partial charge is 0.469 e. The number of aldehydes is 1. The molecule has 3 fully saturated rings. The summed E-state index contributed by atoms with van der Waals surface area (Å²) in [6.45, 7) is 0. The first-order valence-electron chi connectivity index (χ1n) is 5.77. The Morgan fingerprint density at radius 2 is 2.07 bits per heavy atom. The lowest BCUT2D eigenvalue weighted by atomic mass is 9.54. The first kappa shape index (κ1) is 10.7. The van der Waals surface area contributed by atoms with Crippen LogP contribution < -0.4 is 0 Å². The molecule has 0 saturated heterocycles. The molecule has 0 heterocycles. The molecule has 0 amide bonds. The summed E-state index contributed by atoms with van der Waals surface area (Å²) in [6, 6.07) is 0. The van der Waals surface area contributed by atoms with Crippen LogP contribution in [0.1, 0.15) is 32.1 Å². The van der Waals surface area contributed by atoms with Crippen LogP contribution in [-0.2, 0) is 14.3 Å². The van der Waals surface area contributed by atoms with Gasteiger partial charge in [0, 0.05) is 6.42 Å². The van der Waals surface area contributed by atoms with Crippen LogP contribution in [0.2, 0.25) is 0 Å². The van der Waals surface area contributed by atoms with Gasteiger partial charge in [-0.25, -0.2) is 0 Å². The summed E-state index contributed by atoms with van der Waals surface area (Å²) in [6.07, 6.45) is 5.86. The third-order valence-electron chi connectivity index (χ3n) is 4.16. The molecule has 0 aromatic rings. The molecule has 0 N–H and O–H groups in total. The van der Waals surface area contributed by atoms with Crippen molar-refractivity contribution in [2.75, 3.05) is 7.11 Å². The standard InChI is InChI=1S/C12H18O3/c1-15-12(14)11-7-8(3-2-4-13)9-5-10(11)6-9/h4,8-11H,2-3,5-7H2,1H3/t8?,9?,10?,11-/m0/s1. The zero-order valence-electron chi connectivity index (χ0n) is 9.15. The minimum Gasteiger partial charge on any atom is -0.469 e. The van der Waals surface area contributed by atoms with E-state index in [1.54, 1.807) is 0 Å². The van der Waals surface area contributed by atoms with Crippen LogP contribution in [0.3, 0.4) is 0 Å². The van der Waals surface area contributed by atoms with E-state index in [1.807, 2.05) is 0 Å². The van der Waals surface area contributed by atoms with Gasteiger partial charge in [0.1, 0.15) is 6.29 Å². The molecule has 3 aliphatic carbocycles. The van der Waals surface area contributed by atoms with Crippen molar-refractivity contribution in [2.45, 2.75) is 32.1 Å². The molecule has 2 atom stereocenters. The Morgan fingerprint density at radius 1 is 1.33 bits per heavy atom. The molecular formula is C12H18O3. The van der Waals surface area contributed by atoms with Crippen LogP contribution in [-0.4, -0.2) is 19.4 Å². The Labute approximate surface area is 90.2 Å². The maximum absolute atomic E-state index is 11.5. The van der Waals surface area contributed by atoms with E-state index < -0.39 is 0 Å². The second-order valence-corrected chi connectivity index (χ2v) is 4.86. The lowest BCUT2D eigenvalue weighted by Gasteiger charge is -2.50. The average molecular weight is 210 g/mol. The highest BCUT2D eigenvalue weighted by Gasteiger charge is 2.48. The first-order chi connectivity index (χ1) is 7.26. The van der Waals surface area contributed by atoms with Crippen LogP contribution >= 0.6 is 0 Å². The Balaban J connectivity index is 1.93. The van der Waals surface area contributed by atoms with Crippen molar-refractivity contribution >= 4 is 12.3 Å². The number of fused-ring (bicyclic) bond motifs is 2. The number of ether oxygens (including phenoxy) is 1. The maximum Gasteiger partial charge on any atom is 0.308 e. The predicted molar refractivity (Wildman–Crippen MR) is 55.1 cm³/mol. The SMILES string of the molecule is COC(=O)[C@H]1CC(CCC=O)C2CC1C2. The molecule has 15 heavy (non-hydrogen) atoms. The van der Waals surface area contributed by atoms with Gasteiger partial charge in [-0.3, -0.25) is 4.79 Å². The van der Waals surface area contributed by atoms with E-state index in [1.165, 1.54) is 20.0 Å². The summed E-state index contributed by atoms with van der Waals surface area (Å²) < 4.78 is 4.83. The van der Waals surface area contributed by atoms with Crippen molar-refractivity contribution in [1.29, 1.82) is 0 Å². The lowest BCUT2D eigenvalue weighted by molar-refractivity contribution is -0.155. The van der Waals surface area contributed by atoms with Gasteiger partial charge in [-0.1, -0.05) is 0 Å². The molecule has 2 bridgehead atoms. The summed E-state index contributed by atoms with van der Waals surface area (Å²) in [4.78, 5) is 21.9. The zero-order valence-corrected chi connectivity index (χ0v) is 9.15. The Kier molecular flexibility index (Phi) is 3.08. The van der Waals surface area contributed by atoms with Gasteiger partial charge in [-0.15, -0.1) is 0 Å². The van der Waals surface area contributed by atoms with E-state index in [0.717, 1.165) is 25.0 Å². The molecule has 84 valence electrons.